The second kappa shape index (κ2) is 8.51. The number of carbonyl (C=O) groups excluding carboxylic acids is 1. The predicted octanol–water partition coefficient (Wildman–Crippen LogP) is 4.58. The monoisotopic (exact) mass is 382 g/mol. The lowest BCUT2D eigenvalue weighted by atomic mass is 10.1. The Morgan fingerprint density at radius 2 is 2.00 bits per heavy atom. The molecule has 0 amide bonds. The summed E-state index contributed by atoms with van der Waals surface area (Å²) >= 11 is 6.21. The minimum atomic E-state index is -0.440. The van der Waals surface area contributed by atoms with E-state index in [4.69, 9.17) is 16.3 Å². The highest BCUT2D eigenvalue weighted by Gasteiger charge is 2.10. The SMILES string of the molecule is COC(=O)c1ccc(Cl)c(Nc2nccc(NCc3ccccc3C)n2)c1. The molecule has 2 aromatic carbocycles. The lowest BCUT2D eigenvalue weighted by molar-refractivity contribution is 0.0601. The number of benzene rings is 2. The van der Waals surface area contributed by atoms with Crippen LogP contribution in [0, 0.1) is 6.92 Å². The van der Waals surface area contributed by atoms with Crippen molar-refractivity contribution in [1.29, 1.82) is 0 Å². The second-order valence-corrected chi connectivity index (χ2v) is 6.26. The maximum atomic E-state index is 11.7. The maximum Gasteiger partial charge on any atom is 0.337 e. The van der Waals surface area contributed by atoms with Crippen LogP contribution < -0.4 is 10.6 Å². The van der Waals surface area contributed by atoms with Crippen LogP contribution in [0.1, 0.15) is 21.5 Å². The van der Waals surface area contributed by atoms with E-state index < -0.39 is 5.97 Å². The zero-order valence-corrected chi connectivity index (χ0v) is 15.7. The molecule has 0 aliphatic heterocycles. The minimum Gasteiger partial charge on any atom is -0.465 e. The lowest BCUT2D eigenvalue weighted by Crippen LogP contribution is -2.06. The van der Waals surface area contributed by atoms with Crippen molar-refractivity contribution in [3.8, 4) is 0 Å². The molecular weight excluding hydrogens is 364 g/mol. The van der Waals surface area contributed by atoms with Crippen molar-refractivity contribution in [3.05, 3.63) is 76.4 Å². The summed E-state index contributed by atoms with van der Waals surface area (Å²) in [5, 5.41) is 6.77. The van der Waals surface area contributed by atoms with Crippen LogP contribution >= 0.6 is 11.6 Å². The molecule has 27 heavy (non-hydrogen) atoms. The third kappa shape index (κ3) is 4.74. The molecule has 0 spiro atoms. The van der Waals surface area contributed by atoms with Gasteiger partial charge in [-0.15, -0.1) is 0 Å². The highest BCUT2D eigenvalue weighted by molar-refractivity contribution is 6.33. The van der Waals surface area contributed by atoms with Crippen molar-refractivity contribution < 1.29 is 9.53 Å². The number of esters is 1. The van der Waals surface area contributed by atoms with Crippen molar-refractivity contribution >= 4 is 35.0 Å². The standard InChI is InChI=1S/C20H19ClN4O2/c1-13-5-3-4-6-15(13)12-23-18-9-10-22-20(25-18)24-17-11-14(19(26)27-2)7-8-16(17)21/h3-11H,12H2,1-2H3,(H2,22,23,24,25). The van der Waals surface area contributed by atoms with Crippen LogP contribution in [0.25, 0.3) is 0 Å². The first-order valence-electron chi connectivity index (χ1n) is 8.33. The number of aryl methyl sites for hydroxylation is 1. The van der Waals surface area contributed by atoms with Crippen molar-refractivity contribution in [3.63, 3.8) is 0 Å². The van der Waals surface area contributed by atoms with Gasteiger partial charge in [-0.25, -0.2) is 9.78 Å². The van der Waals surface area contributed by atoms with Gasteiger partial charge in [-0.1, -0.05) is 35.9 Å². The molecule has 0 unspecified atom stereocenters. The van der Waals surface area contributed by atoms with Crippen LogP contribution in [0.2, 0.25) is 5.02 Å². The first kappa shape index (κ1) is 18.7. The first-order chi connectivity index (χ1) is 13.1. The van der Waals surface area contributed by atoms with Gasteiger partial charge >= 0.3 is 5.97 Å². The molecule has 1 heterocycles. The van der Waals surface area contributed by atoms with Gasteiger partial charge in [0.15, 0.2) is 0 Å². The number of aromatic nitrogens is 2. The van der Waals surface area contributed by atoms with Crippen LogP contribution in [0.3, 0.4) is 0 Å². The third-order valence-corrected chi connectivity index (χ3v) is 4.34. The molecule has 6 nitrogen and oxygen atoms in total. The Hall–Kier alpha value is -3.12. The van der Waals surface area contributed by atoms with Crippen molar-refractivity contribution in [2.45, 2.75) is 13.5 Å². The van der Waals surface area contributed by atoms with Gasteiger partial charge in [-0.3, -0.25) is 0 Å². The van der Waals surface area contributed by atoms with Gasteiger partial charge in [0, 0.05) is 12.7 Å². The van der Waals surface area contributed by atoms with Crippen LogP contribution in [0.4, 0.5) is 17.5 Å². The number of anilines is 3. The number of hydrogen-bond donors (Lipinski definition) is 2. The molecule has 0 atom stereocenters. The smallest absolute Gasteiger partial charge is 0.337 e. The summed E-state index contributed by atoms with van der Waals surface area (Å²) in [6, 6.07) is 14.8. The molecule has 7 heteroatoms. The van der Waals surface area contributed by atoms with E-state index in [-0.39, 0.29) is 0 Å². The Balaban J connectivity index is 1.74. The van der Waals surface area contributed by atoms with Crippen molar-refractivity contribution in [2.75, 3.05) is 17.7 Å². The summed E-state index contributed by atoms with van der Waals surface area (Å²) in [4.78, 5) is 20.3. The molecular formula is C20H19ClN4O2. The molecule has 0 fully saturated rings. The van der Waals surface area contributed by atoms with Crippen LogP contribution in [-0.2, 0) is 11.3 Å². The fourth-order valence-corrected chi connectivity index (χ4v) is 2.66. The molecule has 3 rings (SSSR count). The van der Waals surface area contributed by atoms with Crippen LogP contribution in [0.15, 0.2) is 54.7 Å². The fraction of sp³-hybridized carbons (Fsp3) is 0.150. The Morgan fingerprint density at radius 3 is 2.78 bits per heavy atom. The summed E-state index contributed by atoms with van der Waals surface area (Å²) < 4.78 is 4.73. The van der Waals surface area contributed by atoms with Gasteiger partial charge in [0.05, 0.1) is 23.4 Å². The lowest BCUT2D eigenvalue weighted by Gasteiger charge is -2.11. The molecule has 0 aliphatic carbocycles. The molecule has 3 aromatic rings. The zero-order chi connectivity index (χ0) is 19.2. The third-order valence-electron chi connectivity index (χ3n) is 4.01. The molecule has 0 saturated heterocycles. The molecule has 2 N–H and O–H groups in total. The van der Waals surface area contributed by atoms with Gasteiger partial charge in [-0.2, -0.15) is 4.98 Å². The van der Waals surface area contributed by atoms with E-state index in [1.807, 2.05) is 12.1 Å². The predicted molar refractivity (Wildman–Crippen MR) is 107 cm³/mol. The van der Waals surface area contributed by atoms with Crippen LogP contribution in [-0.4, -0.2) is 23.0 Å². The molecule has 0 saturated carbocycles. The average Bonchev–Trinajstić information content (AvgIpc) is 2.69. The van der Waals surface area contributed by atoms with Crippen molar-refractivity contribution in [2.24, 2.45) is 0 Å². The zero-order valence-electron chi connectivity index (χ0n) is 15.0. The van der Waals surface area contributed by atoms with Crippen molar-refractivity contribution in [1.82, 2.24) is 9.97 Å². The normalized spacial score (nSPS) is 10.3. The number of carbonyl (C=O) groups is 1. The summed E-state index contributed by atoms with van der Waals surface area (Å²) in [6.07, 6.45) is 1.65. The van der Waals surface area contributed by atoms with Gasteiger partial charge in [-0.05, 0) is 42.3 Å². The summed E-state index contributed by atoms with van der Waals surface area (Å²) in [5.41, 5.74) is 3.32. The Bertz CT molecular complexity index is 962. The fourth-order valence-electron chi connectivity index (χ4n) is 2.50. The second-order valence-electron chi connectivity index (χ2n) is 5.86. The van der Waals surface area contributed by atoms with E-state index in [0.29, 0.717) is 34.6 Å². The van der Waals surface area contributed by atoms with Gasteiger partial charge < -0.3 is 15.4 Å². The number of ether oxygens (including phenoxy) is 1. The van der Waals surface area contributed by atoms with Gasteiger partial charge in [0.25, 0.3) is 0 Å². The van der Waals surface area contributed by atoms with E-state index in [9.17, 15) is 4.79 Å². The number of nitrogens with zero attached hydrogens (tertiary/aromatic N) is 2. The number of methoxy groups -OCH3 is 1. The molecule has 0 bridgehead atoms. The first-order valence-corrected chi connectivity index (χ1v) is 8.71. The number of nitrogens with one attached hydrogen (secondary N) is 2. The van der Waals surface area contributed by atoms with E-state index in [2.05, 4.69) is 39.7 Å². The molecule has 0 radical (unpaired) electrons. The number of hydrogen-bond acceptors (Lipinski definition) is 6. The maximum absolute atomic E-state index is 11.7. The van der Waals surface area contributed by atoms with E-state index in [1.165, 1.54) is 18.2 Å². The summed E-state index contributed by atoms with van der Waals surface area (Å²) in [7, 11) is 1.33. The highest BCUT2D eigenvalue weighted by Crippen LogP contribution is 2.26. The molecule has 1 aromatic heterocycles. The van der Waals surface area contributed by atoms with E-state index in [1.54, 1.807) is 30.5 Å². The molecule has 0 aliphatic rings. The van der Waals surface area contributed by atoms with Gasteiger partial charge in [0.2, 0.25) is 5.95 Å². The van der Waals surface area contributed by atoms with Crippen LogP contribution in [0.5, 0.6) is 0 Å². The molecule has 138 valence electrons. The summed E-state index contributed by atoms with van der Waals surface area (Å²) in [5.74, 6) is 0.606. The van der Waals surface area contributed by atoms with E-state index >= 15 is 0 Å². The minimum absolute atomic E-state index is 0.369. The quantitative estimate of drug-likeness (QED) is 0.608. The average molecular weight is 383 g/mol. The number of rotatable bonds is 6. The topological polar surface area (TPSA) is 76.1 Å². The van der Waals surface area contributed by atoms with Gasteiger partial charge in [0.1, 0.15) is 5.82 Å². The summed E-state index contributed by atoms with van der Waals surface area (Å²) in [6.45, 7) is 2.72. The Kier molecular flexibility index (Phi) is 5.88. The largest absolute Gasteiger partial charge is 0.465 e. The highest BCUT2D eigenvalue weighted by atomic mass is 35.5. The number of halogens is 1. The van der Waals surface area contributed by atoms with E-state index in [0.717, 1.165) is 0 Å². The Labute approximate surface area is 162 Å². The Morgan fingerprint density at radius 1 is 1.19 bits per heavy atom.